The van der Waals surface area contributed by atoms with Gasteiger partial charge in [0.05, 0.1) is 4.92 Å². The van der Waals surface area contributed by atoms with Crippen LogP contribution in [0.3, 0.4) is 0 Å². The van der Waals surface area contributed by atoms with Gasteiger partial charge in [-0.15, -0.1) is 0 Å². The van der Waals surface area contributed by atoms with E-state index in [1.807, 2.05) is 0 Å². The van der Waals surface area contributed by atoms with Gasteiger partial charge in [0.15, 0.2) is 0 Å². The Morgan fingerprint density at radius 3 is 1.77 bits per heavy atom. The van der Waals surface area contributed by atoms with Crippen molar-refractivity contribution < 1.29 is 36.8 Å². The molecule has 4 aromatic carbocycles. The number of halogens is 2. The average Bonchev–Trinajstić information content (AvgIpc) is 2.94. The largest absolute Gasteiger partial charge is 0.504 e. The fourth-order valence-electron chi connectivity index (χ4n) is 3.51. The lowest BCUT2D eigenvalue weighted by molar-refractivity contribution is -0.384. The van der Waals surface area contributed by atoms with E-state index < -0.39 is 29.7 Å². The van der Waals surface area contributed by atoms with E-state index in [2.05, 4.69) is 0 Å². The smallest absolute Gasteiger partial charge is 0.423 e. The van der Waals surface area contributed by atoms with Crippen molar-refractivity contribution in [2.75, 3.05) is 0 Å². The third-order valence-electron chi connectivity index (χ3n) is 5.57. The van der Waals surface area contributed by atoms with Gasteiger partial charge in [0.1, 0.15) is 17.2 Å². The van der Waals surface area contributed by atoms with E-state index >= 15 is 8.78 Å². The molecule has 204 valence electrons. The van der Waals surface area contributed by atoms with Crippen LogP contribution in [0.1, 0.15) is 18.1 Å². The summed E-state index contributed by atoms with van der Waals surface area (Å²) in [7, 11) is -5.16. The number of ether oxygens (including phenoxy) is 1. The number of nitro benzene ring substituents is 1. The summed E-state index contributed by atoms with van der Waals surface area (Å²) in [5.41, 5.74) is -4.01. The van der Waals surface area contributed by atoms with E-state index in [0.29, 0.717) is 11.1 Å². The van der Waals surface area contributed by atoms with Crippen LogP contribution in [0.2, 0.25) is 0 Å². The SMILES string of the molecule is CC(=CC(=O)Oc1ccc([N+](=O)[O-])cc1)c1ccc(C(F)(F)P(=O)(Oc2ccccc2)Oc2ccccc2)cc1. The number of non-ortho nitro benzene ring substituents is 1. The molecule has 4 rings (SSSR count). The number of hydrogen-bond donors (Lipinski definition) is 0. The maximum Gasteiger partial charge on any atom is 0.504 e. The predicted octanol–water partition coefficient (Wildman–Crippen LogP) is 8.00. The Labute approximate surface area is 228 Å². The summed E-state index contributed by atoms with van der Waals surface area (Å²) in [4.78, 5) is 22.5. The zero-order chi connectivity index (χ0) is 28.8. The summed E-state index contributed by atoms with van der Waals surface area (Å²) >= 11 is 0. The van der Waals surface area contributed by atoms with Crippen LogP contribution < -0.4 is 13.8 Å². The minimum absolute atomic E-state index is 0.0524. The number of esters is 1. The zero-order valence-corrected chi connectivity index (χ0v) is 21.9. The average molecular weight is 565 g/mol. The molecule has 0 aliphatic heterocycles. The number of carbonyl (C=O) groups excluding carboxylic acids is 1. The van der Waals surface area contributed by atoms with Crippen LogP contribution in [0.5, 0.6) is 17.2 Å². The lowest BCUT2D eigenvalue weighted by Gasteiger charge is -2.27. The maximum atomic E-state index is 15.8. The van der Waals surface area contributed by atoms with Crippen molar-refractivity contribution in [1.82, 2.24) is 0 Å². The van der Waals surface area contributed by atoms with E-state index in [1.54, 1.807) is 43.3 Å². The van der Waals surface area contributed by atoms with Gasteiger partial charge >= 0.3 is 19.2 Å². The van der Waals surface area contributed by atoms with Crippen molar-refractivity contribution in [1.29, 1.82) is 0 Å². The van der Waals surface area contributed by atoms with Crippen LogP contribution in [0.15, 0.2) is 115 Å². The summed E-state index contributed by atoms with van der Waals surface area (Å²) in [6, 6.07) is 24.9. The molecule has 0 aliphatic carbocycles. The molecule has 0 saturated heterocycles. The molecule has 0 aromatic heterocycles. The number of allylic oxidation sites excluding steroid dienone is 1. The highest BCUT2D eigenvalue weighted by atomic mass is 31.2. The van der Waals surface area contributed by atoms with E-state index in [-0.39, 0.29) is 22.9 Å². The quantitative estimate of drug-likeness (QED) is 0.0479. The normalized spacial score (nSPS) is 11.9. The molecule has 0 amide bonds. The summed E-state index contributed by atoms with van der Waals surface area (Å²) in [5, 5.41) is 10.8. The molecule has 0 unspecified atom stereocenters. The van der Waals surface area contributed by atoms with Gasteiger partial charge in [-0.1, -0.05) is 60.7 Å². The van der Waals surface area contributed by atoms with E-state index in [0.717, 1.165) is 18.2 Å². The van der Waals surface area contributed by atoms with Crippen molar-refractivity contribution in [3.05, 3.63) is 137 Å². The summed E-state index contributed by atoms with van der Waals surface area (Å²) in [6.07, 6.45) is 1.15. The second-order valence-corrected chi connectivity index (χ2v) is 10.3. The van der Waals surface area contributed by atoms with Gasteiger partial charge in [0.25, 0.3) is 5.69 Å². The molecule has 8 nitrogen and oxygen atoms in total. The first-order valence-corrected chi connectivity index (χ1v) is 13.3. The Balaban J connectivity index is 1.55. The van der Waals surface area contributed by atoms with Gasteiger partial charge in [-0.2, -0.15) is 8.78 Å². The topological polar surface area (TPSA) is 105 Å². The van der Waals surface area contributed by atoms with Gasteiger partial charge in [-0.25, -0.2) is 9.36 Å². The fourth-order valence-corrected chi connectivity index (χ4v) is 5.04. The standard InChI is InChI=1S/C29H22F2NO7P/c1-21(20-28(33)37-25-18-16-24(17-19-25)32(34)35)22-12-14-23(15-13-22)29(30,31)40(36,38-26-8-4-2-5-9-26)39-27-10-6-3-7-11-27/h2-20H,1H3. The molecular weight excluding hydrogens is 543 g/mol. The molecular formula is C29H22F2NO7P. The van der Waals surface area contributed by atoms with Crippen LogP contribution in [-0.2, 0) is 15.0 Å². The Morgan fingerprint density at radius 1 is 0.800 bits per heavy atom. The number of para-hydroxylation sites is 2. The molecule has 0 spiro atoms. The lowest BCUT2D eigenvalue weighted by Crippen LogP contribution is -2.21. The maximum absolute atomic E-state index is 15.8. The third-order valence-corrected chi connectivity index (χ3v) is 7.42. The van der Waals surface area contributed by atoms with Gasteiger partial charge in [0.2, 0.25) is 0 Å². The summed E-state index contributed by atoms with van der Waals surface area (Å²) in [5.74, 6) is -0.772. The molecule has 0 aliphatic rings. The highest BCUT2D eigenvalue weighted by molar-refractivity contribution is 7.55. The van der Waals surface area contributed by atoms with E-state index in [1.165, 1.54) is 60.7 Å². The Morgan fingerprint density at radius 2 is 1.30 bits per heavy atom. The highest BCUT2D eigenvalue weighted by Gasteiger charge is 2.58. The van der Waals surface area contributed by atoms with Gasteiger partial charge < -0.3 is 13.8 Å². The lowest BCUT2D eigenvalue weighted by atomic mass is 10.1. The fraction of sp³-hybridized carbons (Fsp3) is 0.0690. The number of benzene rings is 4. The number of rotatable bonds is 10. The van der Waals surface area contributed by atoms with Crippen LogP contribution >= 0.6 is 7.60 Å². The summed E-state index contributed by atoms with van der Waals surface area (Å²) in [6.45, 7) is 1.58. The molecule has 40 heavy (non-hydrogen) atoms. The van der Waals surface area contributed by atoms with Crippen molar-refractivity contribution in [2.45, 2.75) is 12.6 Å². The van der Waals surface area contributed by atoms with E-state index in [4.69, 9.17) is 13.8 Å². The Bertz CT molecular complexity index is 1510. The molecule has 0 fully saturated rings. The molecule has 0 saturated carbocycles. The number of carbonyl (C=O) groups is 1. The Hall–Kier alpha value is -4.82. The van der Waals surface area contributed by atoms with Crippen molar-refractivity contribution in [3.8, 4) is 17.2 Å². The number of nitrogens with zero attached hydrogens (tertiary/aromatic N) is 1. The van der Waals surface area contributed by atoms with Crippen molar-refractivity contribution >= 4 is 24.8 Å². The zero-order valence-electron chi connectivity index (χ0n) is 21.0. The van der Waals surface area contributed by atoms with E-state index in [9.17, 15) is 19.5 Å². The van der Waals surface area contributed by atoms with Crippen LogP contribution in [0.4, 0.5) is 14.5 Å². The molecule has 0 heterocycles. The molecule has 0 atom stereocenters. The first-order valence-electron chi connectivity index (χ1n) is 11.8. The van der Waals surface area contributed by atoms with Crippen LogP contribution in [0, 0.1) is 10.1 Å². The predicted molar refractivity (Wildman–Crippen MR) is 144 cm³/mol. The third kappa shape index (κ3) is 6.59. The second kappa shape index (κ2) is 11.9. The van der Waals surface area contributed by atoms with Crippen molar-refractivity contribution in [3.63, 3.8) is 0 Å². The van der Waals surface area contributed by atoms with Crippen molar-refractivity contribution in [2.24, 2.45) is 0 Å². The monoisotopic (exact) mass is 565 g/mol. The minimum Gasteiger partial charge on any atom is -0.423 e. The minimum atomic E-state index is -5.16. The molecule has 0 bridgehead atoms. The molecule has 11 heteroatoms. The van der Waals surface area contributed by atoms with Gasteiger partial charge in [-0.3, -0.25) is 10.1 Å². The van der Waals surface area contributed by atoms with Crippen LogP contribution in [0.25, 0.3) is 5.57 Å². The molecule has 0 radical (unpaired) electrons. The van der Waals surface area contributed by atoms with Crippen LogP contribution in [-0.4, -0.2) is 10.9 Å². The first-order chi connectivity index (χ1) is 19.1. The first kappa shape index (κ1) is 28.2. The van der Waals surface area contributed by atoms with Gasteiger partial charge in [-0.05, 0) is 54.5 Å². The highest BCUT2D eigenvalue weighted by Crippen LogP contribution is 2.65. The molecule has 0 N–H and O–H groups in total. The molecule has 4 aromatic rings. The van der Waals surface area contributed by atoms with Gasteiger partial charge in [0, 0.05) is 23.8 Å². The summed E-state index contributed by atoms with van der Waals surface area (Å²) < 4.78 is 61.0. The number of alkyl halides is 2. The Kier molecular flexibility index (Phi) is 8.40. The second-order valence-electron chi connectivity index (χ2n) is 8.42. The number of hydrogen-bond acceptors (Lipinski definition) is 7. The number of nitro groups is 1.